The van der Waals surface area contributed by atoms with Crippen molar-refractivity contribution in [2.75, 3.05) is 7.05 Å². The maximum absolute atomic E-state index is 12.5. The van der Waals surface area contributed by atoms with E-state index in [9.17, 15) is 4.79 Å². The summed E-state index contributed by atoms with van der Waals surface area (Å²) in [6, 6.07) is 9.88. The molecule has 0 saturated carbocycles. The zero-order chi connectivity index (χ0) is 16.4. The van der Waals surface area contributed by atoms with Gasteiger partial charge >= 0.3 is 0 Å². The first kappa shape index (κ1) is 18.5. The van der Waals surface area contributed by atoms with E-state index in [4.69, 9.17) is 0 Å². The van der Waals surface area contributed by atoms with Crippen LogP contribution in [0.1, 0.15) is 11.4 Å². The predicted molar refractivity (Wildman–Crippen MR) is 99.8 cm³/mol. The molecule has 0 radical (unpaired) electrons. The van der Waals surface area contributed by atoms with Gasteiger partial charge in [-0.1, -0.05) is 30.0 Å². The molecule has 0 saturated heterocycles. The lowest BCUT2D eigenvalue weighted by molar-refractivity contribution is 0.682. The number of thioether (sulfide) groups is 1. The largest absolute Gasteiger partial charge is 0.313 e. The predicted octanol–water partition coefficient (Wildman–Crippen LogP) is 2.10. The number of para-hydroxylation sites is 1. The van der Waals surface area contributed by atoms with Crippen LogP contribution in [0.15, 0.2) is 40.3 Å². The molecule has 0 fully saturated rings. The Morgan fingerprint density at radius 3 is 2.67 bits per heavy atom. The molecule has 0 spiro atoms. The Morgan fingerprint density at radius 2 is 1.92 bits per heavy atom. The molecular weight excluding hydrogens is 346 g/mol. The summed E-state index contributed by atoms with van der Waals surface area (Å²) < 4.78 is 3.65. The number of benzene rings is 1. The van der Waals surface area contributed by atoms with E-state index in [0.29, 0.717) is 12.3 Å². The van der Waals surface area contributed by atoms with Crippen molar-refractivity contribution >= 4 is 35.1 Å². The first-order valence-electron chi connectivity index (χ1n) is 7.35. The van der Waals surface area contributed by atoms with Gasteiger partial charge in [0.1, 0.15) is 5.82 Å². The quantitative estimate of drug-likeness (QED) is 0.701. The van der Waals surface area contributed by atoms with E-state index in [1.807, 2.05) is 56.0 Å². The van der Waals surface area contributed by atoms with Crippen LogP contribution >= 0.6 is 24.2 Å². The van der Waals surface area contributed by atoms with E-state index >= 15 is 0 Å². The van der Waals surface area contributed by atoms with Crippen LogP contribution in [-0.4, -0.2) is 26.4 Å². The van der Waals surface area contributed by atoms with E-state index in [1.54, 1.807) is 4.57 Å². The molecule has 0 unspecified atom stereocenters. The number of hydrogen-bond acceptors (Lipinski definition) is 5. The Labute approximate surface area is 150 Å². The monoisotopic (exact) mass is 365 g/mol. The van der Waals surface area contributed by atoms with Crippen molar-refractivity contribution in [2.24, 2.45) is 14.1 Å². The molecule has 6 nitrogen and oxygen atoms in total. The first-order chi connectivity index (χ1) is 11.1. The number of hydrogen-bond donors (Lipinski definition) is 1. The number of halogens is 1. The van der Waals surface area contributed by atoms with Crippen molar-refractivity contribution in [3.63, 3.8) is 0 Å². The van der Waals surface area contributed by atoms with Crippen molar-refractivity contribution in [2.45, 2.75) is 17.5 Å². The molecular formula is C16H20ClN5OS. The second kappa shape index (κ2) is 7.83. The lowest BCUT2D eigenvalue weighted by Crippen LogP contribution is -2.20. The fourth-order valence-corrected chi connectivity index (χ4v) is 3.41. The van der Waals surface area contributed by atoms with Crippen molar-refractivity contribution in [1.82, 2.24) is 24.6 Å². The minimum absolute atomic E-state index is 0. The molecule has 0 atom stereocenters. The van der Waals surface area contributed by atoms with Crippen molar-refractivity contribution in [3.05, 3.63) is 52.1 Å². The van der Waals surface area contributed by atoms with Crippen molar-refractivity contribution in [1.29, 1.82) is 0 Å². The summed E-state index contributed by atoms with van der Waals surface area (Å²) in [4.78, 5) is 12.5. The standard InChI is InChI=1S/C16H19N5OS.ClH/c1-17-9-14-18-19-16(21(14)3)23-10-12-8-11-6-4-5-7-13(11)20(2)15(12)22;/h4-8,17H,9-10H2,1-3H3;1H. The summed E-state index contributed by atoms with van der Waals surface area (Å²) in [5.41, 5.74) is 1.75. The number of nitrogens with one attached hydrogen (secondary N) is 1. The average Bonchev–Trinajstić information content (AvgIpc) is 2.90. The van der Waals surface area contributed by atoms with Gasteiger partial charge in [0.15, 0.2) is 5.16 Å². The molecule has 128 valence electrons. The minimum Gasteiger partial charge on any atom is -0.313 e. The topological polar surface area (TPSA) is 64.7 Å². The fraction of sp³-hybridized carbons (Fsp3) is 0.312. The number of pyridine rings is 1. The van der Waals surface area contributed by atoms with Gasteiger partial charge < -0.3 is 14.5 Å². The lowest BCUT2D eigenvalue weighted by atomic mass is 10.1. The van der Waals surface area contributed by atoms with Crippen molar-refractivity contribution in [3.8, 4) is 0 Å². The van der Waals surface area contributed by atoms with Gasteiger partial charge in [-0.25, -0.2) is 0 Å². The summed E-state index contributed by atoms with van der Waals surface area (Å²) in [7, 11) is 5.62. The number of aryl methyl sites for hydroxylation is 1. The van der Waals surface area contributed by atoms with E-state index < -0.39 is 0 Å². The fourth-order valence-electron chi connectivity index (χ4n) is 2.52. The van der Waals surface area contributed by atoms with Crippen LogP contribution in [0.5, 0.6) is 0 Å². The van der Waals surface area contributed by atoms with E-state index in [0.717, 1.165) is 27.4 Å². The summed E-state index contributed by atoms with van der Waals surface area (Å²) in [5, 5.41) is 13.3. The average molecular weight is 366 g/mol. The maximum Gasteiger partial charge on any atom is 0.254 e. The first-order valence-corrected chi connectivity index (χ1v) is 8.33. The molecule has 1 aromatic carbocycles. The second-order valence-corrected chi connectivity index (χ2v) is 6.31. The molecule has 0 amide bonds. The Balaban J connectivity index is 0.00000208. The molecule has 3 rings (SSSR count). The highest BCUT2D eigenvalue weighted by atomic mass is 35.5. The van der Waals surface area contributed by atoms with Gasteiger partial charge in [0.2, 0.25) is 0 Å². The van der Waals surface area contributed by atoms with Crippen LogP contribution in [0, 0.1) is 0 Å². The van der Waals surface area contributed by atoms with E-state index in [-0.39, 0.29) is 18.0 Å². The van der Waals surface area contributed by atoms with Gasteiger partial charge in [-0.05, 0) is 24.6 Å². The molecule has 0 aliphatic carbocycles. The number of aromatic nitrogens is 4. The van der Waals surface area contributed by atoms with Gasteiger partial charge in [0, 0.05) is 25.4 Å². The summed E-state index contributed by atoms with van der Waals surface area (Å²) in [5.74, 6) is 1.45. The SMILES string of the molecule is CNCc1nnc(SCc2cc3ccccc3n(C)c2=O)n1C.Cl. The zero-order valence-electron chi connectivity index (χ0n) is 13.8. The summed E-state index contributed by atoms with van der Waals surface area (Å²) in [6.07, 6.45) is 0. The van der Waals surface area contributed by atoms with E-state index in [1.165, 1.54) is 11.8 Å². The zero-order valence-corrected chi connectivity index (χ0v) is 15.4. The van der Waals surface area contributed by atoms with Crippen molar-refractivity contribution < 1.29 is 0 Å². The van der Waals surface area contributed by atoms with Crippen LogP contribution in [0.25, 0.3) is 10.9 Å². The number of fused-ring (bicyclic) bond motifs is 1. The third kappa shape index (κ3) is 3.48. The maximum atomic E-state index is 12.5. The van der Waals surface area contributed by atoms with Crippen LogP contribution in [0.4, 0.5) is 0 Å². The Hall–Kier alpha value is -1.83. The van der Waals surface area contributed by atoms with Gasteiger partial charge in [-0.15, -0.1) is 22.6 Å². The smallest absolute Gasteiger partial charge is 0.254 e. The number of nitrogens with zero attached hydrogens (tertiary/aromatic N) is 4. The highest BCUT2D eigenvalue weighted by molar-refractivity contribution is 7.98. The Bertz CT molecular complexity index is 905. The van der Waals surface area contributed by atoms with Gasteiger partial charge in [0.25, 0.3) is 5.56 Å². The van der Waals surface area contributed by atoms with Crippen LogP contribution in [-0.2, 0) is 26.4 Å². The lowest BCUT2D eigenvalue weighted by Gasteiger charge is -2.08. The molecule has 3 aromatic rings. The molecule has 2 aromatic heterocycles. The van der Waals surface area contributed by atoms with Gasteiger partial charge in [-0.2, -0.15) is 0 Å². The van der Waals surface area contributed by atoms with Crippen LogP contribution in [0.2, 0.25) is 0 Å². The van der Waals surface area contributed by atoms with Crippen LogP contribution in [0.3, 0.4) is 0 Å². The molecule has 1 N–H and O–H groups in total. The minimum atomic E-state index is 0. The molecule has 0 aliphatic rings. The number of rotatable bonds is 5. The molecule has 0 bridgehead atoms. The second-order valence-electron chi connectivity index (χ2n) is 5.37. The Kier molecular flexibility index (Phi) is 6.04. The molecule has 2 heterocycles. The highest BCUT2D eigenvalue weighted by Gasteiger charge is 2.11. The molecule has 24 heavy (non-hydrogen) atoms. The third-order valence-electron chi connectivity index (χ3n) is 3.82. The molecule has 8 heteroatoms. The van der Waals surface area contributed by atoms with Crippen LogP contribution < -0.4 is 10.9 Å². The molecule has 0 aliphatic heterocycles. The normalized spacial score (nSPS) is 10.8. The van der Waals surface area contributed by atoms with Gasteiger partial charge in [-0.3, -0.25) is 4.79 Å². The highest BCUT2D eigenvalue weighted by Crippen LogP contribution is 2.21. The summed E-state index contributed by atoms with van der Waals surface area (Å²) >= 11 is 1.53. The van der Waals surface area contributed by atoms with E-state index in [2.05, 4.69) is 15.5 Å². The Morgan fingerprint density at radius 1 is 1.17 bits per heavy atom. The van der Waals surface area contributed by atoms with Gasteiger partial charge in [0.05, 0.1) is 12.1 Å². The summed E-state index contributed by atoms with van der Waals surface area (Å²) in [6.45, 7) is 0.668. The third-order valence-corrected chi connectivity index (χ3v) is 4.89.